The molecule has 0 radical (unpaired) electrons. The van der Waals surface area contributed by atoms with Gasteiger partial charge >= 0.3 is 0 Å². The zero-order chi connectivity index (χ0) is 13.0. The number of nitrogen functional groups attached to an aromatic ring is 1. The molecule has 1 unspecified atom stereocenters. The predicted molar refractivity (Wildman–Crippen MR) is 77.2 cm³/mol. The summed E-state index contributed by atoms with van der Waals surface area (Å²) in [6.45, 7) is 6.40. The summed E-state index contributed by atoms with van der Waals surface area (Å²) in [5.74, 6) is 0.549. The first-order valence-corrected chi connectivity index (χ1v) is 6.66. The Labute approximate surface area is 112 Å². The van der Waals surface area contributed by atoms with Crippen LogP contribution in [0.5, 0.6) is 0 Å². The van der Waals surface area contributed by atoms with Crippen molar-refractivity contribution >= 4 is 27.3 Å². The molecule has 0 spiro atoms. The minimum atomic E-state index is 0.0781. The second kappa shape index (κ2) is 6.26. The third kappa shape index (κ3) is 4.21. The molecule has 0 saturated carbocycles. The number of aliphatic hydroxyl groups is 1. The molecular weight excluding hydrogens is 280 g/mol. The number of benzene rings is 1. The lowest BCUT2D eigenvalue weighted by Gasteiger charge is -2.21. The van der Waals surface area contributed by atoms with Gasteiger partial charge in [0.15, 0.2) is 0 Å². The van der Waals surface area contributed by atoms with E-state index in [2.05, 4.69) is 35.1 Å². The highest BCUT2D eigenvalue weighted by Gasteiger charge is 2.12. The quantitative estimate of drug-likeness (QED) is 0.732. The second-order valence-corrected chi connectivity index (χ2v) is 5.70. The van der Waals surface area contributed by atoms with E-state index in [0.29, 0.717) is 5.92 Å². The van der Waals surface area contributed by atoms with Gasteiger partial charge in [0.2, 0.25) is 0 Å². The lowest BCUT2D eigenvalue weighted by Crippen LogP contribution is -2.25. The Hall–Kier alpha value is -0.740. The van der Waals surface area contributed by atoms with Crippen LogP contribution in [0.15, 0.2) is 16.6 Å². The van der Waals surface area contributed by atoms with Crippen molar-refractivity contribution in [1.29, 1.82) is 0 Å². The topological polar surface area (TPSA) is 58.3 Å². The number of hydrogen-bond donors (Lipinski definition) is 3. The molecule has 3 nitrogen and oxygen atoms in total. The number of halogens is 1. The summed E-state index contributed by atoms with van der Waals surface area (Å²) in [6.07, 6.45) is 0.937. The van der Waals surface area contributed by atoms with E-state index in [4.69, 9.17) is 5.73 Å². The highest BCUT2D eigenvalue weighted by molar-refractivity contribution is 9.10. The summed E-state index contributed by atoms with van der Waals surface area (Å²) < 4.78 is 0.933. The molecule has 1 atom stereocenters. The molecule has 96 valence electrons. The standard InChI is InChI=1S/C13H21BrN2O/c1-8(2)4-10(7-17)16-13-5-9(3)12(15)6-11(13)14/h5-6,8,10,16-17H,4,7,15H2,1-3H3. The average Bonchev–Trinajstić information content (AvgIpc) is 2.24. The monoisotopic (exact) mass is 300 g/mol. The SMILES string of the molecule is Cc1cc(NC(CO)CC(C)C)c(Br)cc1N. The van der Waals surface area contributed by atoms with Crippen LogP contribution in [-0.2, 0) is 0 Å². The van der Waals surface area contributed by atoms with Crippen molar-refractivity contribution in [3.8, 4) is 0 Å². The first kappa shape index (κ1) is 14.3. The van der Waals surface area contributed by atoms with Crippen LogP contribution in [0.3, 0.4) is 0 Å². The van der Waals surface area contributed by atoms with E-state index in [1.807, 2.05) is 19.1 Å². The lowest BCUT2D eigenvalue weighted by atomic mass is 10.0. The normalized spacial score (nSPS) is 12.8. The number of nitrogens with one attached hydrogen (secondary N) is 1. The van der Waals surface area contributed by atoms with Crippen molar-refractivity contribution in [3.05, 3.63) is 22.2 Å². The van der Waals surface area contributed by atoms with E-state index >= 15 is 0 Å². The lowest BCUT2D eigenvalue weighted by molar-refractivity contribution is 0.259. The van der Waals surface area contributed by atoms with Gasteiger partial charge in [-0.25, -0.2) is 0 Å². The molecule has 0 aliphatic heterocycles. The zero-order valence-corrected chi connectivity index (χ0v) is 12.2. The fraction of sp³-hybridized carbons (Fsp3) is 0.538. The van der Waals surface area contributed by atoms with Crippen LogP contribution in [0.4, 0.5) is 11.4 Å². The average molecular weight is 301 g/mol. The molecule has 1 aromatic carbocycles. The van der Waals surface area contributed by atoms with Gasteiger partial charge in [0.25, 0.3) is 0 Å². The summed E-state index contributed by atoms with van der Waals surface area (Å²) in [4.78, 5) is 0. The Morgan fingerprint density at radius 2 is 2.06 bits per heavy atom. The van der Waals surface area contributed by atoms with Gasteiger partial charge in [-0.05, 0) is 52.9 Å². The van der Waals surface area contributed by atoms with Gasteiger partial charge in [0, 0.05) is 21.9 Å². The molecule has 0 amide bonds. The third-order valence-corrected chi connectivity index (χ3v) is 3.35. The summed E-state index contributed by atoms with van der Waals surface area (Å²) >= 11 is 3.48. The van der Waals surface area contributed by atoms with E-state index in [1.165, 1.54) is 0 Å². The molecule has 0 heterocycles. The van der Waals surface area contributed by atoms with Gasteiger partial charge in [-0.3, -0.25) is 0 Å². The van der Waals surface area contributed by atoms with Crippen LogP contribution in [-0.4, -0.2) is 17.8 Å². The van der Waals surface area contributed by atoms with Crippen LogP contribution in [0.1, 0.15) is 25.8 Å². The first-order chi connectivity index (χ1) is 7.93. The molecule has 0 saturated heterocycles. The van der Waals surface area contributed by atoms with Crippen LogP contribution >= 0.6 is 15.9 Å². The zero-order valence-electron chi connectivity index (χ0n) is 10.6. The molecule has 17 heavy (non-hydrogen) atoms. The van der Waals surface area contributed by atoms with E-state index in [0.717, 1.165) is 27.8 Å². The summed E-state index contributed by atoms with van der Waals surface area (Å²) in [5.41, 5.74) is 8.62. The Bertz CT molecular complexity index is 380. The van der Waals surface area contributed by atoms with E-state index < -0.39 is 0 Å². The van der Waals surface area contributed by atoms with E-state index in [1.54, 1.807) is 0 Å². The molecular formula is C13H21BrN2O. The third-order valence-electron chi connectivity index (χ3n) is 2.69. The maximum atomic E-state index is 9.35. The van der Waals surface area contributed by atoms with Gasteiger partial charge in [0.1, 0.15) is 0 Å². The van der Waals surface area contributed by atoms with Crippen molar-refractivity contribution < 1.29 is 5.11 Å². The van der Waals surface area contributed by atoms with Gasteiger partial charge in [-0.15, -0.1) is 0 Å². The maximum absolute atomic E-state index is 9.35. The Morgan fingerprint density at radius 1 is 1.41 bits per heavy atom. The number of anilines is 2. The van der Waals surface area contributed by atoms with Gasteiger partial charge in [0.05, 0.1) is 6.61 Å². The highest BCUT2D eigenvalue weighted by Crippen LogP contribution is 2.28. The molecule has 4 N–H and O–H groups in total. The first-order valence-electron chi connectivity index (χ1n) is 5.87. The number of aliphatic hydroxyl groups excluding tert-OH is 1. The van der Waals surface area contributed by atoms with Crippen molar-refractivity contribution in [3.63, 3.8) is 0 Å². The minimum Gasteiger partial charge on any atom is -0.398 e. The second-order valence-electron chi connectivity index (χ2n) is 4.84. The molecule has 0 aromatic heterocycles. The largest absolute Gasteiger partial charge is 0.398 e. The smallest absolute Gasteiger partial charge is 0.0632 e. The van der Waals surface area contributed by atoms with E-state index in [9.17, 15) is 5.11 Å². The predicted octanol–water partition coefficient (Wildman–Crippen LogP) is 3.16. The van der Waals surface area contributed by atoms with Crippen molar-refractivity contribution in [2.24, 2.45) is 5.92 Å². The Kier molecular flexibility index (Phi) is 5.28. The summed E-state index contributed by atoms with van der Waals surface area (Å²) in [6, 6.07) is 3.97. The van der Waals surface area contributed by atoms with Crippen LogP contribution in [0, 0.1) is 12.8 Å². The maximum Gasteiger partial charge on any atom is 0.0632 e. The molecule has 1 rings (SSSR count). The Morgan fingerprint density at radius 3 is 2.59 bits per heavy atom. The van der Waals surface area contributed by atoms with Crippen molar-refractivity contribution in [2.75, 3.05) is 17.7 Å². The van der Waals surface area contributed by atoms with Crippen LogP contribution in [0.25, 0.3) is 0 Å². The van der Waals surface area contributed by atoms with Gasteiger partial charge < -0.3 is 16.2 Å². The minimum absolute atomic E-state index is 0.0781. The van der Waals surface area contributed by atoms with Gasteiger partial charge in [-0.1, -0.05) is 13.8 Å². The number of hydrogen-bond acceptors (Lipinski definition) is 3. The van der Waals surface area contributed by atoms with Crippen LogP contribution in [0.2, 0.25) is 0 Å². The molecule has 0 aliphatic carbocycles. The van der Waals surface area contributed by atoms with Gasteiger partial charge in [-0.2, -0.15) is 0 Å². The van der Waals surface area contributed by atoms with Crippen LogP contribution < -0.4 is 11.1 Å². The molecule has 0 aliphatic rings. The summed E-state index contributed by atoms with van der Waals surface area (Å²) in [7, 11) is 0. The number of nitrogens with two attached hydrogens (primary N) is 1. The molecule has 4 heteroatoms. The Balaban J connectivity index is 2.82. The number of aryl methyl sites for hydroxylation is 1. The highest BCUT2D eigenvalue weighted by atomic mass is 79.9. The molecule has 0 fully saturated rings. The number of rotatable bonds is 5. The molecule has 0 bridgehead atoms. The molecule has 1 aromatic rings. The summed E-state index contributed by atoms with van der Waals surface area (Å²) in [5, 5.41) is 12.7. The fourth-order valence-electron chi connectivity index (χ4n) is 1.78. The van der Waals surface area contributed by atoms with Crippen molar-refractivity contribution in [2.45, 2.75) is 33.2 Å². The van der Waals surface area contributed by atoms with Crippen molar-refractivity contribution in [1.82, 2.24) is 0 Å². The fourth-order valence-corrected chi connectivity index (χ4v) is 2.25. The van der Waals surface area contributed by atoms with E-state index in [-0.39, 0.29) is 12.6 Å².